The Morgan fingerprint density at radius 2 is 1.92 bits per heavy atom. The molecular formula is C17H13N5OS. The summed E-state index contributed by atoms with van der Waals surface area (Å²) >= 11 is 1.53. The molecule has 0 spiro atoms. The number of rotatable bonds is 4. The minimum atomic E-state index is -0.0792. The van der Waals surface area contributed by atoms with Gasteiger partial charge in [-0.05, 0) is 17.7 Å². The van der Waals surface area contributed by atoms with Crippen LogP contribution >= 0.6 is 11.3 Å². The summed E-state index contributed by atoms with van der Waals surface area (Å²) in [7, 11) is 0. The predicted octanol–water partition coefficient (Wildman–Crippen LogP) is 2.55. The molecule has 118 valence electrons. The number of nitrogens with zero attached hydrogens (tertiary/aromatic N) is 5. The fourth-order valence-electron chi connectivity index (χ4n) is 2.57. The fraction of sp³-hybridized carbons (Fsp3) is 0.118. The predicted molar refractivity (Wildman–Crippen MR) is 92.8 cm³/mol. The van der Waals surface area contributed by atoms with Crippen LogP contribution in [0.25, 0.3) is 21.2 Å². The lowest BCUT2D eigenvalue weighted by molar-refractivity contribution is 0.578. The first-order valence-corrected chi connectivity index (χ1v) is 8.33. The van der Waals surface area contributed by atoms with E-state index in [-0.39, 0.29) is 5.56 Å². The third-order valence-electron chi connectivity index (χ3n) is 3.77. The molecule has 0 aliphatic rings. The molecule has 24 heavy (non-hydrogen) atoms. The summed E-state index contributed by atoms with van der Waals surface area (Å²) in [5.41, 5.74) is 2.67. The van der Waals surface area contributed by atoms with Gasteiger partial charge in [0.05, 0.1) is 28.5 Å². The van der Waals surface area contributed by atoms with Crippen molar-refractivity contribution in [2.45, 2.75) is 13.0 Å². The Kier molecular flexibility index (Phi) is 3.84. The van der Waals surface area contributed by atoms with Gasteiger partial charge in [-0.3, -0.25) is 19.7 Å². The molecule has 4 rings (SSSR count). The monoisotopic (exact) mass is 335 g/mol. The van der Waals surface area contributed by atoms with Crippen molar-refractivity contribution in [3.05, 3.63) is 70.7 Å². The van der Waals surface area contributed by atoms with E-state index in [1.807, 2.05) is 17.5 Å². The summed E-state index contributed by atoms with van der Waals surface area (Å²) in [6, 6.07) is 3.82. The van der Waals surface area contributed by atoms with Crippen LogP contribution in [0, 0.1) is 0 Å². The van der Waals surface area contributed by atoms with Crippen molar-refractivity contribution in [3.8, 4) is 11.1 Å². The van der Waals surface area contributed by atoms with E-state index in [4.69, 9.17) is 0 Å². The zero-order valence-electron chi connectivity index (χ0n) is 12.7. The van der Waals surface area contributed by atoms with Gasteiger partial charge in [0, 0.05) is 48.3 Å². The Labute approximate surface area is 141 Å². The number of hydrogen-bond donors (Lipinski definition) is 0. The molecule has 4 aromatic heterocycles. The van der Waals surface area contributed by atoms with E-state index < -0.39 is 0 Å². The molecule has 0 aliphatic carbocycles. The topological polar surface area (TPSA) is 73.6 Å². The largest absolute Gasteiger partial charge is 0.276 e. The van der Waals surface area contributed by atoms with Gasteiger partial charge in [-0.1, -0.05) is 0 Å². The molecule has 0 aliphatic heterocycles. The van der Waals surface area contributed by atoms with Gasteiger partial charge in [0.1, 0.15) is 0 Å². The van der Waals surface area contributed by atoms with Gasteiger partial charge in [0.15, 0.2) is 0 Å². The van der Waals surface area contributed by atoms with Crippen LogP contribution in [0.3, 0.4) is 0 Å². The normalized spacial score (nSPS) is 11.0. The zero-order chi connectivity index (χ0) is 16.4. The number of hydrogen-bond acceptors (Lipinski definition) is 6. The van der Waals surface area contributed by atoms with Crippen LogP contribution in [0.15, 0.2) is 59.5 Å². The third kappa shape index (κ3) is 2.69. The maximum atomic E-state index is 12.9. The van der Waals surface area contributed by atoms with Crippen molar-refractivity contribution >= 4 is 21.4 Å². The van der Waals surface area contributed by atoms with Crippen molar-refractivity contribution in [2.24, 2.45) is 0 Å². The van der Waals surface area contributed by atoms with E-state index in [0.717, 1.165) is 21.5 Å². The van der Waals surface area contributed by atoms with E-state index >= 15 is 0 Å². The highest BCUT2D eigenvalue weighted by molar-refractivity contribution is 7.17. The highest BCUT2D eigenvalue weighted by Gasteiger charge is 2.13. The Morgan fingerprint density at radius 1 is 1.04 bits per heavy atom. The third-order valence-corrected chi connectivity index (χ3v) is 4.69. The lowest BCUT2D eigenvalue weighted by Crippen LogP contribution is -2.23. The van der Waals surface area contributed by atoms with E-state index in [1.165, 1.54) is 16.0 Å². The van der Waals surface area contributed by atoms with Gasteiger partial charge >= 0.3 is 0 Å². The van der Waals surface area contributed by atoms with Crippen LogP contribution in [-0.2, 0) is 13.0 Å². The quantitative estimate of drug-likeness (QED) is 0.573. The molecule has 0 bridgehead atoms. The van der Waals surface area contributed by atoms with Gasteiger partial charge < -0.3 is 0 Å². The van der Waals surface area contributed by atoms with E-state index in [2.05, 4.69) is 20.1 Å². The summed E-state index contributed by atoms with van der Waals surface area (Å²) in [4.78, 5) is 25.2. The molecule has 0 saturated carbocycles. The second kappa shape index (κ2) is 6.29. The lowest BCUT2D eigenvalue weighted by atomic mass is 10.1. The van der Waals surface area contributed by atoms with Gasteiger partial charge in [-0.2, -0.15) is 5.10 Å². The highest BCUT2D eigenvalue weighted by atomic mass is 32.1. The van der Waals surface area contributed by atoms with Crippen molar-refractivity contribution in [1.82, 2.24) is 24.7 Å². The maximum Gasteiger partial charge on any atom is 0.276 e. The van der Waals surface area contributed by atoms with Crippen LogP contribution in [-0.4, -0.2) is 24.7 Å². The van der Waals surface area contributed by atoms with Gasteiger partial charge in [-0.15, -0.1) is 11.3 Å². The molecule has 0 unspecified atom stereocenters. The summed E-state index contributed by atoms with van der Waals surface area (Å²) in [6.07, 6.45) is 10.8. The molecule has 0 N–H and O–H groups in total. The molecule has 4 heterocycles. The van der Waals surface area contributed by atoms with E-state index in [9.17, 15) is 4.79 Å². The second-order valence-electron chi connectivity index (χ2n) is 5.24. The Balaban J connectivity index is 1.73. The second-order valence-corrected chi connectivity index (χ2v) is 6.16. The molecule has 0 fully saturated rings. The van der Waals surface area contributed by atoms with Crippen LogP contribution < -0.4 is 5.56 Å². The number of aryl methyl sites for hydroxylation is 2. The lowest BCUT2D eigenvalue weighted by Gasteiger charge is -2.05. The smallest absolute Gasteiger partial charge is 0.267 e. The summed E-state index contributed by atoms with van der Waals surface area (Å²) in [6.45, 7) is 0.471. The van der Waals surface area contributed by atoms with Crippen LogP contribution in [0.4, 0.5) is 0 Å². The highest BCUT2D eigenvalue weighted by Crippen LogP contribution is 2.30. The van der Waals surface area contributed by atoms with Crippen molar-refractivity contribution in [1.29, 1.82) is 0 Å². The minimum Gasteiger partial charge on any atom is -0.267 e. The SMILES string of the molecule is O=c1c2c(-c3ccncc3)csc2cnn1CCc1cnccn1. The van der Waals surface area contributed by atoms with E-state index in [0.29, 0.717) is 18.4 Å². The molecular weight excluding hydrogens is 322 g/mol. The first kappa shape index (κ1) is 14.6. The number of fused-ring (bicyclic) bond motifs is 1. The standard InChI is InChI=1S/C17H13N5OS/c23-17-16-14(12-1-4-18-5-2-12)11-24-15(16)10-21-22(17)8-3-13-9-19-6-7-20-13/h1-2,4-7,9-11H,3,8H2. The number of pyridine rings is 1. The van der Waals surface area contributed by atoms with Gasteiger partial charge in [0.25, 0.3) is 5.56 Å². The zero-order valence-corrected chi connectivity index (χ0v) is 13.5. The minimum absolute atomic E-state index is 0.0792. The summed E-state index contributed by atoms with van der Waals surface area (Å²) < 4.78 is 2.39. The first-order valence-electron chi connectivity index (χ1n) is 7.45. The average Bonchev–Trinajstić information content (AvgIpc) is 3.08. The van der Waals surface area contributed by atoms with Crippen molar-refractivity contribution < 1.29 is 0 Å². The molecule has 0 radical (unpaired) electrons. The Morgan fingerprint density at radius 3 is 2.71 bits per heavy atom. The van der Waals surface area contributed by atoms with Crippen LogP contribution in [0.2, 0.25) is 0 Å². The molecule has 0 saturated heterocycles. The fourth-order valence-corrected chi connectivity index (χ4v) is 3.50. The van der Waals surface area contributed by atoms with E-state index in [1.54, 1.807) is 37.2 Å². The molecule has 0 aromatic carbocycles. The van der Waals surface area contributed by atoms with Crippen LogP contribution in [0.1, 0.15) is 5.69 Å². The summed E-state index contributed by atoms with van der Waals surface area (Å²) in [5, 5.41) is 6.99. The molecule has 4 aromatic rings. The van der Waals surface area contributed by atoms with Crippen molar-refractivity contribution in [3.63, 3.8) is 0 Å². The van der Waals surface area contributed by atoms with Crippen LogP contribution in [0.5, 0.6) is 0 Å². The first-order chi connectivity index (χ1) is 11.8. The molecule has 7 heteroatoms. The summed E-state index contributed by atoms with van der Waals surface area (Å²) in [5.74, 6) is 0. The molecule has 0 atom stereocenters. The number of aromatic nitrogens is 5. The molecule has 6 nitrogen and oxygen atoms in total. The molecule has 0 amide bonds. The Hall–Kier alpha value is -2.93. The Bertz CT molecular complexity index is 1030. The van der Waals surface area contributed by atoms with Gasteiger partial charge in [0.2, 0.25) is 0 Å². The van der Waals surface area contributed by atoms with Gasteiger partial charge in [-0.25, -0.2) is 4.68 Å². The average molecular weight is 335 g/mol. The maximum absolute atomic E-state index is 12.9. The number of thiophene rings is 1. The van der Waals surface area contributed by atoms with Crippen molar-refractivity contribution in [2.75, 3.05) is 0 Å².